The summed E-state index contributed by atoms with van der Waals surface area (Å²) in [6, 6.07) is 69.1. The summed E-state index contributed by atoms with van der Waals surface area (Å²) in [5, 5.41) is 4.09. The van der Waals surface area contributed by atoms with Gasteiger partial charge in [-0.25, -0.2) is 24.9 Å². The van der Waals surface area contributed by atoms with E-state index in [2.05, 4.69) is 140 Å². The molecule has 0 N–H and O–H groups in total. The Bertz CT molecular complexity index is 3240. The third-order valence-electron chi connectivity index (χ3n) is 10.8. The minimum atomic E-state index is 0.699. The maximum absolute atomic E-state index is 5.45. The lowest BCUT2D eigenvalue weighted by Crippen LogP contribution is -1.96. The van der Waals surface area contributed by atoms with Crippen molar-refractivity contribution in [2.24, 2.45) is 0 Å². The van der Waals surface area contributed by atoms with Crippen LogP contribution in [-0.4, -0.2) is 24.9 Å². The Balaban J connectivity index is 1.04. The van der Waals surface area contributed by atoms with Crippen molar-refractivity contribution < 1.29 is 0 Å². The van der Waals surface area contributed by atoms with Crippen molar-refractivity contribution in [1.82, 2.24) is 24.9 Å². The van der Waals surface area contributed by atoms with Crippen LogP contribution in [0.5, 0.6) is 0 Å². The lowest BCUT2D eigenvalue weighted by Gasteiger charge is -2.13. The quantitative estimate of drug-likeness (QED) is 0.125. The Kier molecular flexibility index (Phi) is 8.07. The van der Waals surface area contributed by atoms with E-state index in [9.17, 15) is 0 Å². The molecule has 0 radical (unpaired) electrons. The van der Waals surface area contributed by atoms with E-state index in [0.717, 1.165) is 105 Å². The molecule has 0 spiro atoms. The Labute approximate surface area is 335 Å². The van der Waals surface area contributed by atoms with Crippen molar-refractivity contribution in [3.8, 4) is 67.5 Å². The highest BCUT2D eigenvalue weighted by Gasteiger charge is 2.17. The van der Waals surface area contributed by atoms with E-state index in [-0.39, 0.29) is 0 Å². The molecule has 0 saturated carbocycles. The lowest BCUT2D eigenvalue weighted by molar-refractivity contribution is 1.18. The fraction of sp³-hybridized carbons (Fsp3) is 0. The van der Waals surface area contributed by atoms with Crippen molar-refractivity contribution in [3.63, 3.8) is 0 Å². The zero-order chi connectivity index (χ0) is 38.4. The summed E-state index contributed by atoms with van der Waals surface area (Å²) < 4.78 is 0. The average Bonchev–Trinajstić information content (AvgIpc) is 3.31. The second-order valence-electron chi connectivity index (χ2n) is 14.5. The van der Waals surface area contributed by atoms with Crippen LogP contribution in [0, 0.1) is 0 Å². The van der Waals surface area contributed by atoms with Crippen molar-refractivity contribution in [3.05, 3.63) is 200 Å². The van der Waals surface area contributed by atoms with E-state index in [0.29, 0.717) is 5.82 Å². The topological polar surface area (TPSA) is 64.5 Å². The highest BCUT2D eigenvalue weighted by atomic mass is 14.9. The number of pyridine rings is 3. The Hall–Kier alpha value is -7.89. The maximum atomic E-state index is 5.45. The molecule has 0 aliphatic heterocycles. The van der Waals surface area contributed by atoms with E-state index in [1.807, 2.05) is 60.7 Å². The van der Waals surface area contributed by atoms with Crippen molar-refractivity contribution in [1.29, 1.82) is 0 Å². The summed E-state index contributed by atoms with van der Waals surface area (Å²) >= 11 is 0. The van der Waals surface area contributed by atoms with Gasteiger partial charge in [0.15, 0.2) is 5.82 Å². The first-order valence-corrected chi connectivity index (χ1v) is 19.4. The number of benzene rings is 7. The second-order valence-corrected chi connectivity index (χ2v) is 14.5. The van der Waals surface area contributed by atoms with Crippen LogP contribution in [0.4, 0.5) is 0 Å². The van der Waals surface area contributed by atoms with Gasteiger partial charge in [0, 0.05) is 49.4 Å². The highest BCUT2D eigenvalue weighted by molar-refractivity contribution is 6.15. The zero-order valence-electron chi connectivity index (χ0n) is 31.3. The van der Waals surface area contributed by atoms with E-state index in [4.69, 9.17) is 24.9 Å². The molecule has 0 aliphatic carbocycles. The summed E-state index contributed by atoms with van der Waals surface area (Å²) in [4.78, 5) is 26.0. The molecule has 5 nitrogen and oxygen atoms in total. The molecular weight excluding hydrogens is 707 g/mol. The van der Waals surface area contributed by atoms with Crippen LogP contribution >= 0.6 is 0 Å². The average molecular weight is 740 g/mol. The molecule has 0 saturated heterocycles. The normalized spacial score (nSPS) is 11.4. The van der Waals surface area contributed by atoms with Crippen molar-refractivity contribution in [2.75, 3.05) is 0 Å². The minimum absolute atomic E-state index is 0.699. The molecule has 58 heavy (non-hydrogen) atoms. The summed E-state index contributed by atoms with van der Waals surface area (Å²) in [7, 11) is 0. The molecule has 0 fully saturated rings. The number of hydrogen-bond donors (Lipinski definition) is 0. The Morgan fingerprint density at radius 2 is 0.776 bits per heavy atom. The molecule has 0 bridgehead atoms. The van der Waals surface area contributed by atoms with Crippen LogP contribution in [0.25, 0.3) is 111 Å². The molecule has 7 aromatic carbocycles. The number of fused-ring (bicyclic) bond motifs is 6. The van der Waals surface area contributed by atoms with Gasteiger partial charge in [-0.15, -0.1) is 0 Å². The third-order valence-corrected chi connectivity index (χ3v) is 10.8. The Morgan fingerprint density at radius 3 is 1.45 bits per heavy atom. The highest BCUT2D eigenvalue weighted by Crippen LogP contribution is 2.37. The second kappa shape index (κ2) is 14.0. The molecule has 4 heterocycles. The fourth-order valence-electron chi connectivity index (χ4n) is 7.88. The molecule has 4 aromatic heterocycles. The van der Waals surface area contributed by atoms with Crippen LogP contribution in [0.15, 0.2) is 200 Å². The van der Waals surface area contributed by atoms with Gasteiger partial charge in [0.2, 0.25) is 0 Å². The first-order chi connectivity index (χ1) is 28.7. The van der Waals surface area contributed by atoms with Crippen molar-refractivity contribution >= 4 is 43.6 Å². The van der Waals surface area contributed by atoms with Gasteiger partial charge in [0.25, 0.3) is 0 Å². The number of aromatic nitrogens is 5. The maximum Gasteiger partial charge on any atom is 0.160 e. The first kappa shape index (κ1) is 33.4. The van der Waals surface area contributed by atoms with Gasteiger partial charge in [-0.05, 0) is 41.5 Å². The molecule has 270 valence electrons. The van der Waals surface area contributed by atoms with Crippen molar-refractivity contribution in [2.45, 2.75) is 0 Å². The van der Waals surface area contributed by atoms with E-state index in [1.54, 1.807) is 0 Å². The van der Waals surface area contributed by atoms with Crippen LogP contribution in [-0.2, 0) is 0 Å². The SMILES string of the molecule is c1ccc(-c2cc(-c3ccc(-c4ccc5c(c4)nc(-c4ccccc4)c4cc6ccc7ccc(-c8ccccc8)nc7c6nc45)cc3)nc(-c3ccccc3)n2)cc1. The summed E-state index contributed by atoms with van der Waals surface area (Å²) in [6.07, 6.45) is 0. The summed E-state index contributed by atoms with van der Waals surface area (Å²) in [6.45, 7) is 0. The van der Waals surface area contributed by atoms with Crippen LogP contribution in [0.3, 0.4) is 0 Å². The molecule has 5 heteroatoms. The number of rotatable bonds is 6. The number of hydrogen-bond acceptors (Lipinski definition) is 5. The van der Waals surface area contributed by atoms with Gasteiger partial charge in [0.05, 0.1) is 44.8 Å². The molecule has 0 unspecified atom stereocenters. The number of nitrogens with zero attached hydrogens (tertiary/aromatic N) is 5. The molecule has 0 atom stereocenters. The fourth-order valence-corrected chi connectivity index (χ4v) is 7.88. The van der Waals surface area contributed by atoms with E-state index >= 15 is 0 Å². The van der Waals surface area contributed by atoms with Crippen LogP contribution < -0.4 is 0 Å². The summed E-state index contributed by atoms with van der Waals surface area (Å²) in [5.74, 6) is 0.699. The molecular formula is C53H33N5. The standard InChI is InChI=1S/C53H33N5/c1-5-13-35(14-6-1)45-30-28-39-25-26-42-31-44-49(38-17-9-3-10-18-38)55-48-32-41(27-29-43(48)52(44)58-51(42)50(39)54-45)34-21-23-37(24-22-34)47-33-46(36-15-7-2-8-16-36)56-53(57-47)40-19-11-4-12-20-40/h1-33H. The van der Waals surface area contributed by atoms with Crippen LogP contribution in [0.2, 0.25) is 0 Å². The first-order valence-electron chi connectivity index (χ1n) is 19.4. The van der Waals surface area contributed by atoms with Gasteiger partial charge < -0.3 is 0 Å². The van der Waals surface area contributed by atoms with Gasteiger partial charge in [-0.3, -0.25) is 0 Å². The lowest BCUT2D eigenvalue weighted by atomic mass is 9.97. The molecule has 0 aliphatic rings. The summed E-state index contributed by atoms with van der Waals surface area (Å²) in [5.41, 5.74) is 14.5. The zero-order valence-corrected chi connectivity index (χ0v) is 31.3. The predicted octanol–water partition coefficient (Wildman–Crippen LogP) is 13.3. The molecule has 11 aromatic rings. The van der Waals surface area contributed by atoms with E-state index in [1.165, 1.54) is 0 Å². The smallest absolute Gasteiger partial charge is 0.160 e. The third kappa shape index (κ3) is 6.03. The van der Waals surface area contributed by atoms with E-state index < -0.39 is 0 Å². The van der Waals surface area contributed by atoms with Gasteiger partial charge in [0.1, 0.15) is 0 Å². The van der Waals surface area contributed by atoms with Gasteiger partial charge in [-0.2, -0.15) is 0 Å². The minimum Gasteiger partial charge on any atom is -0.247 e. The largest absolute Gasteiger partial charge is 0.247 e. The molecule has 11 rings (SSSR count). The molecule has 0 amide bonds. The van der Waals surface area contributed by atoms with Gasteiger partial charge in [-0.1, -0.05) is 170 Å². The predicted molar refractivity (Wildman–Crippen MR) is 238 cm³/mol. The monoisotopic (exact) mass is 739 g/mol. The van der Waals surface area contributed by atoms with Crippen LogP contribution in [0.1, 0.15) is 0 Å². The Morgan fingerprint density at radius 1 is 0.259 bits per heavy atom. The van der Waals surface area contributed by atoms with Gasteiger partial charge >= 0.3 is 0 Å².